The molecule has 280 valence electrons. The van der Waals surface area contributed by atoms with Gasteiger partial charge in [-0.1, -0.05) is 196 Å². The molecule has 0 amide bonds. The van der Waals surface area contributed by atoms with Crippen molar-refractivity contribution >= 4 is 75.8 Å². The van der Waals surface area contributed by atoms with Crippen molar-refractivity contribution in [3.63, 3.8) is 0 Å². The lowest BCUT2D eigenvalue weighted by molar-refractivity contribution is 0.653. The Morgan fingerprint density at radius 3 is 1.60 bits per heavy atom. The Morgan fingerprint density at radius 1 is 0.333 bits per heavy atom. The smallest absolute Gasteiger partial charge is 0.143 e. The monoisotopic (exact) mass is 762 g/mol. The van der Waals surface area contributed by atoms with Gasteiger partial charge in [0.1, 0.15) is 11.2 Å². The fraction of sp³-hybridized carbons (Fsp3) is 0.0508. The van der Waals surface area contributed by atoms with Gasteiger partial charge in [-0.05, 0) is 116 Å². The average Bonchev–Trinajstić information content (AvgIpc) is 3.79. The van der Waals surface area contributed by atoms with Crippen LogP contribution in [0.5, 0.6) is 0 Å². The zero-order chi connectivity index (χ0) is 39.7. The summed E-state index contributed by atoms with van der Waals surface area (Å²) in [5, 5.41) is 14.8. The summed E-state index contributed by atoms with van der Waals surface area (Å²) in [5.41, 5.74) is 14.4. The molecule has 1 nitrogen and oxygen atoms in total. The third-order valence-electron chi connectivity index (χ3n) is 13.6. The molecular formula is C59H38O. The molecule has 1 aliphatic rings. The first-order valence-electron chi connectivity index (χ1n) is 21.0. The lowest BCUT2D eigenvalue weighted by atomic mass is 9.82. The normalized spacial score (nSPS) is 13.3. The number of fused-ring (bicyclic) bond motifs is 13. The van der Waals surface area contributed by atoms with Crippen molar-refractivity contribution < 1.29 is 4.42 Å². The third kappa shape index (κ3) is 4.52. The molecule has 12 aromatic rings. The van der Waals surface area contributed by atoms with Gasteiger partial charge in [-0.25, -0.2) is 0 Å². The second-order valence-corrected chi connectivity index (χ2v) is 17.1. The number of benzene rings is 11. The Labute approximate surface area is 347 Å². The lowest BCUT2D eigenvalue weighted by Gasteiger charge is -2.21. The highest BCUT2D eigenvalue weighted by Gasteiger charge is 2.37. The predicted octanol–water partition coefficient (Wildman–Crippen LogP) is 16.7. The van der Waals surface area contributed by atoms with Gasteiger partial charge in [0.15, 0.2) is 0 Å². The third-order valence-corrected chi connectivity index (χ3v) is 13.6. The molecule has 1 aromatic heterocycles. The van der Waals surface area contributed by atoms with Crippen LogP contribution in [0, 0.1) is 0 Å². The highest BCUT2D eigenvalue weighted by molar-refractivity contribution is 6.27. The summed E-state index contributed by atoms with van der Waals surface area (Å²) >= 11 is 0. The topological polar surface area (TPSA) is 13.1 Å². The quantitative estimate of drug-likeness (QED) is 0.163. The molecule has 0 saturated heterocycles. The Bertz CT molecular complexity index is 3750. The summed E-state index contributed by atoms with van der Waals surface area (Å²) in [5.74, 6) is 0. The maximum atomic E-state index is 7.09. The maximum absolute atomic E-state index is 7.09. The van der Waals surface area contributed by atoms with Gasteiger partial charge in [-0.15, -0.1) is 0 Å². The van der Waals surface area contributed by atoms with Gasteiger partial charge in [0.2, 0.25) is 0 Å². The highest BCUT2D eigenvalue weighted by atomic mass is 16.3. The van der Waals surface area contributed by atoms with Gasteiger partial charge in [-0.3, -0.25) is 0 Å². The molecule has 0 aliphatic heterocycles. The second-order valence-electron chi connectivity index (χ2n) is 17.1. The van der Waals surface area contributed by atoms with Crippen LogP contribution in [0.2, 0.25) is 0 Å². The summed E-state index contributed by atoms with van der Waals surface area (Å²) in [6.07, 6.45) is 0. The number of furan rings is 1. The summed E-state index contributed by atoms with van der Waals surface area (Å²) in [7, 11) is 0. The van der Waals surface area contributed by atoms with Crippen LogP contribution < -0.4 is 0 Å². The van der Waals surface area contributed by atoms with Crippen LogP contribution in [0.3, 0.4) is 0 Å². The van der Waals surface area contributed by atoms with Gasteiger partial charge in [-0.2, -0.15) is 0 Å². The minimum absolute atomic E-state index is 0.0968. The van der Waals surface area contributed by atoms with Crippen LogP contribution in [0.25, 0.3) is 120 Å². The molecule has 13 rings (SSSR count). The molecule has 0 saturated carbocycles. The van der Waals surface area contributed by atoms with Crippen molar-refractivity contribution in [1.29, 1.82) is 0 Å². The summed E-state index contributed by atoms with van der Waals surface area (Å²) in [6.45, 7) is 4.67. The second kappa shape index (κ2) is 12.3. The van der Waals surface area contributed by atoms with Crippen molar-refractivity contribution in [2.75, 3.05) is 0 Å². The van der Waals surface area contributed by atoms with Crippen molar-refractivity contribution in [3.8, 4) is 44.5 Å². The van der Waals surface area contributed by atoms with Crippen LogP contribution in [0.4, 0.5) is 0 Å². The van der Waals surface area contributed by atoms with E-state index < -0.39 is 0 Å². The van der Waals surface area contributed by atoms with E-state index in [4.69, 9.17) is 4.42 Å². The zero-order valence-corrected chi connectivity index (χ0v) is 33.4. The van der Waals surface area contributed by atoms with E-state index in [0.717, 1.165) is 11.2 Å². The van der Waals surface area contributed by atoms with Crippen LogP contribution >= 0.6 is 0 Å². The molecule has 0 atom stereocenters. The minimum atomic E-state index is -0.0968. The van der Waals surface area contributed by atoms with Gasteiger partial charge >= 0.3 is 0 Å². The van der Waals surface area contributed by atoms with E-state index in [1.165, 1.54) is 120 Å². The standard InChI is InChI=1S/C59H38O/c1-59(2)51-26-14-13-25-48(51)57-52(59)32-31-49-56-42-20-8-7-19-40(42)50(34-53(56)60-58(49)57)41-29-30-47(39-18-6-5-17-38(39)41)55-45-23-11-9-21-43(45)54(44-22-10-12-24-46(44)55)37-28-27-35-15-3-4-16-36(35)33-37/h3-34H,1-2H3. The Balaban J connectivity index is 1.07. The molecule has 1 heteroatoms. The van der Waals surface area contributed by atoms with E-state index in [9.17, 15) is 0 Å². The van der Waals surface area contributed by atoms with Gasteiger partial charge in [0.25, 0.3) is 0 Å². The largest absolute Gasteiger partial charge is 0.455 e. The molecule has 1 aliphatic carbocycles. The van der Waals surface area contributed by atoms with E-state index in [2.05, 4.69) is 208 Å². The molecule has 60 heavy (non-hydrogen) atoms. The molecule has 0 fully saturated rings. The van der Waals surface area contributed by atoms with Gasteiger partial charge < -0.3 is 4.42 Å². The Hall–Kier alpha value is -7.48. The molecule has 0 spiro atoms. The van der Waals surface area contributed by atoms with Gasteiger partial charge in [0, 0.05) is 21.8 Å². The van der Waals surface area contributed by atoms with Crippen molar-refractivity contribution in [1.82, 2.24) is 0 Å². The van der Waals surface area contributed by atoms with Crippen LogP contribution in [0.15, 0.2) is 199 Å². The molecule has 1 heterocycles. The number of rotatable bonds is 3. The minimum Gasteiger partial charge on any atom is -0.455 e. The zero-order valence-electron chi connectivity index (χ0n) is 33.4. The number of hydrogen-bond acceptors (Lipinski definition) is 1. The Morgan fingerprint density at radius 2 is 0.883 bits per heavy atom. The first-order valence-corrected chi connectivity index (χ1v) is 21.0. The fourth-order valence-electron chi connectivity index (χ4n) is 10.9. The molecule has 11 aromatic carbocycles. The van der Waals surface area contributed by atoms with E-state index in [1.54, 1.807) is 0 Å². The highest BCUT2D eigenvalue weighted by Crippen LogP contribution is 2.54. The summed E-state index contributed by atoms with van der Waals surface area (Å²) in [4.78, 5) is 0. The van der Waals surface area contributed by atoms with Crippen LogP contribution in [0.1, 0.15) is 25.0 Å². The number of hydrogen-bond donors (Lipinski definition) is 0. The lowest BCUT2D eigenvalue weighted by Crippen LogP contribution is -2.14. The van der Waals surface area contributed by atoms with E-state index in [0.29, 0.717) is 0 Å². The molecule has 0 N–H and O–H groups in total. The predicted molar refractivity (Wildman–Crippen MR) is 255 cm³/mol. The summed E-state index contributed by atoms with van der Waals surface area (Å²) < 4.78 is 7.09. The Kier molecular flexibility index (Phi) is 6.85. The van der Waals surface area contributed by atoms with E-state index in [-0.39, 0.29) is 5.41 Å². The first kappa shape index (κ1) is 33.5. The molecule has 0 unspecified atom stereocenters. The SMILES string of the molecule is CC1(C)c2ccccc2-c2c1ccc1c2oc2cc(-c3ccc(-c4c5ccccc5c(-c5ccc6ccccc6c5)c5ccccc45)c4ccccc34)c3ccccc3c21. The summed E-state index contributed by atoms with van der Waals surface area (Å²) in [6, 6.07) is 71.8. The molecule has 0 bridgehead atoms. The van der Waals surface area contributed by atoms with E-state index in [1.807, 2.05) is 0 Å². The van der Waals surface area contributed by atoms with Crippen molar-refractivity contribution in [2.24, 2.45) is 0 Å². The first-order chi connectivity index (χ1) is 29.5. The van der Waals surface area contributed by atoms with Gasteiger partial charge in [0.05, 0.1) is 0 Å². The molecular weight excluding hydrogens is 725 g/mol. The average molecular weight is 763 g/mol. The van der Waals surface area contributed by atoms with Crippen LogP contribution in [-0.4, -0.2) is 0 Å². The fourth-order valence-corrected chi connectivity index (χ4v) is 10.9. The van der Waals surface area contributed by atoms with Crippen LogP contribution in [-0.2, 0) is 5.41 Å². The molecule has 0 radical (unpaired) electrons. The van der Waals surface area contributed by atoms with Crippen molar-refractivity contribution in [2.45, 2.75) is 19.3 Å². The van der Waals surface area contributed by atoms with Crippen molar-refractivity contribution in [3.05, 3.63) is 205 Å². The van der Waals surface area contributed by atoms with E-state index >= 15 is 0 Å². The maximum Gasteiger partial charge on any atom is 0.143 e.